The number of aromatic hydroxyl groups is 1. The maximum atomic E-state index is 13.4. The molecule has 1 spiro atoms. The van der Waals surface area contributed by atoms with Crippen LogP contribution in [0, 0.1) is 11.3 Å². The molecule has 0 atom stereocenters. The second-order valence-corrected chi connectivity index (χ2v) is 7.02. The molecule has 2 fully saturated rings. The average molecular weight is 379 g/mol. The van der Waals surface area contributed by atoms with Crippen molar-refractivity contribution in [1.29, 1.82) is 5.26 Å². The number of phenolic OH excluding ortho intramolecular Hbond substituents is 1. The number of thiocarbonyl (C=S) groups is 1. The molecule has 1 aliphatic heterocycles. The molecule has 0 aromatic heterocycles. The van der Waals surface area contributed by atoms with Gasteiger partial charge in [-0.3, -0.25) is 9.69 Å². The molecule has 1 heterocycles. The highest BCUT2D eigenvalue weighted by atomic mass is 32.1. The van der Waals surface area contributed by atoms with Crippen LogP contribution in [0.2, 0.25) is 0 Å². The Labute approximate surface area is 162 Å². The first kappa shape index (κ1) is 17.3. The van der Waals surface area contributed by atoms with E-state index in [0.717, 1.165) is 24.9 Å². The summed E-state index contributed by atoms with van der Waals surface area (Å²) in [6.45, 7) is 0. The molecule has 6 nitrogen and oxygen atoms in total. The lowest BCUT2D eigenvalue weighted by Crippen LogP contribution is -2.55. The molecule has 27 heavy (non-hydrogen) atoms. The second kappa shape index (κ2) is 6.25. The Kier molecular flexibility index (Phi) is 4.01. The number of benzene rings is 2. The van der Waals surface area contributed by atoms with E-state index in [-0.39, 0.29) is 11.7 Å². The first-order valence-electron chi connectivity index (χ1n) is 8.58. The lowest BCUT2D eigenvalue weighted by molar-refractivity contribution is -0.123. The molecule has 1 N–H and O–H groups in total. The largest absolute Gasteiger partial charge is 0.508 e. The summed E-state index contributed by atoms with van der Waals surface area (Å²) in [7, 11) is 1.49. The van der Waals surface area contributed by atoms with E-state index >= 15 is 0 Å². The third-order valence-electron chi connectivity index (χ3n) is 5.26. The van der Waals surface area contributed by atoms with E-state index in [9.17, 15) is 15.2 Å². The number of amides is 1. The van der Waals surface area contributed by atoms with E-state index < -0.39 is 5.54 Å². The number of hydrogen-bond acceptors (Lipinski definition) is 5. The van der Waals surface area contributed by atoms with Gasteiger partial charge in [0.1, 0.15) is 23.1 Å². The van der Waals surface area contributed by atoms with E-state index in [2.05, 4.69) is 6.07 Å². The van der Waals surface area contributed by atoms with Crippen molar-refractivity contribution >= 4 is 34.6 Å². The predicted octanol–water partition coefficient (Wildman–Crippen LogP) is 3.33. The zero-order chi connectivity index (χ0) is 19.2. The smallest absolute Gasteiger partial charge is 0.259 e. The molecule has 7 heteroatoms. The van der Waals surface area contributed by atoms with Crippen LogP contribution in [0.5, 0.6) is 11.5 Å². The highest BCUT2D eigenvalue weighted by Gasteiger charge is 2.59. The Morgan fingerprint density at radius 1 is 1.19 bits per heavy atom. The fourth-order valence-electron chi connectivity index (χ4n) is 3.72. The topological polar surface area (TPSA) is 76.8 Å². The van der Waals surface area contributed by atoms with Crippen LogP contribution in [0.3, 0.4) is 0 Å². The van der Waals surface area contributed by atoms with E-state index in [1.54, 1.807) is 42.5 Å². The number of methoxy groups -OCH3 is 1. The number of nitriles is 1. The van der Waals surface area contributed by atoms with Crippen LogP contribution < -0.4 is 14.5 Å². The molecule has 0 radical (unpaired) electrons. The first-order chi connectivity index (χ1) is 13.0. The Morgan fingerprint density at radius 2 is 1.85 bits per heavy atom. The normalized spacial score (nSPS) is 17.8. The monoisotopic (exact) mass is 379 g/mol. The molecule has 1 saturated carbocycles. The zero-order valence-electron chi connectivity index (χ0n) is 14.7. The quantitative estimate of drug-likeness (QED) is 0.825. The van der Waals surface area contributed by atoms with E-state index in [0.29, 0.717) is 22.1 Å². The van der Waals surface area contributed by atoms with Crippen LogP contribution in [0.4, 0.5) is 11.4 Å². The van der Waals surface area contributed by atoms with Crippen LogP contribution in [-0.2, 0) is 4.79 Å². The first-order valence-corrected chi connectivity index (χ1v) is 8.98. The third-order valence-corrected chi connectivity index (χ3v) is 5.63. The summed E-state index contributed by atoms with van der Waals surface area (Å²) >= 11 is 5.69. The number of rotatable bonds is 3. The summed E-state index contributed by atoms with van der Waals surface area (Å²) in [5.41, 5.74) is 1.06. The number of anilines is 2. The van der Waals surface area contributed by atoms with Crippen LogP contribution >= 0.6 is 12.2 Å². The summed E-state index contributed by atoms with van der Waals surface area (Å²) in [5.74, 6) is 0.487. The minimum atomic E-state index is -0.685. The molecule has 2 aliphatic rings. The van der Waals surface area contributed by atoms with Gasteiger partial charge in [-0.25, -0.2) is 0 Å². The number of carbonyl (C=O) groups is 1. The molecular formula is C20H17N3O3S. The van der Waals surface area contributed by atoms with Gasteiger partial charge in [-0.15, -0.1) is 0 Å². The van der Waals surface area contributed by atoms with Crippen molar-refractivity contribution in [2.24, 2.45) is 0 Å². The average Bonchev–Trinajstić information content (AvgIpc) is 2.89. The number of hydrogen-bond donors (Lipinski definition) is 1. The molecule has 4 rings (SSSR count). The minimum absolute atomic E-state index is 0.0708. The summed E-state index contributed by atoms with van der Waals surface area (Å²) < 4.78 is 5.28. The fourth-order valence-corrected chi connectivity index (χ4v) is 4.19. The summed E-state index contributed by atoms with van der Waals surface area (Å²) in [6, 6.07) is 13.8. The van der Waals surface area contributed by atoms with E-state index in [1.807, 2.05) is 4.90 Å². The van der Waals surface area contributed by atoms with Crippen molar-refractivity contribution < 1.29 is 14.6 Å². The number of carbonyl (C=O) groups excluding carboxylic acids is 1. The second-order valence-electron chi connectivity index (χ2n) is 6.66. The molecular weight excluding hydrogens is 362 g/mol. The lowest BCUT2D eigenvalue weighted by Gasteiger charge is -2.43. The van der Waals surface area contributed by atoms with Crippen molar-refractivity contribution in [3.05, 3.63) is 48.0 Å². The van der Waals surface area contributed by atoms with Crippen molar-refractivity contribution in [2.45, 2.75) is 24.8 Å². The van der Waals surface area contributed by atoms with Gasteiger partial charge in [-0.1, -0.05) is 0 Å². The van der Waals surface area contributed by atoms with Crippen molar-refractivity contribution in [2.75, 3.05) is 16.9 Å². The van der Waals surface area contributed by atoms with Crippen molar-refractivity contribution in [3.63, 3.8) is 0 Å². The van der Waals surface area contributed by atoms with Crippen molar-refractivity contribution in [1.82, 2.24) is 0 Å². The highest BCUT2D eigenvalue weighted by molar-refractivity contribution is 7.81. The molecule has 1 aliphatic carbocycles. The minimum Gasteiger partial charge on any atom is -0.508 e. The SMILES string of the molecule is COc1cc(N2C(=O)C3(CCC3)N(c3ccc(O)cc3)C2=S)ccc1C#N. The van der Waals surface area contributed by atoms with Gasteiger partial charge in [0.2, 0.25) is 0 Å². The van der Waals surface area contributed by atoms with Gasteiger partial charge in [0.15, 0.2) is 5.11 Å². The Morgan fingerprint density at radius 3 is 2.41 bits per heavy atom. The Balaban J connectivity index is 1.80. The summed E-state index contributed by atoms with van der Waals surface area (Å²) in [4.78, 5) is 16.8. The number of phenols is 1. The van der Waals surface area contributed by atoms with Gasteiger partial charge in [-0.05, 0) is 67.9 Å². The van der Waals surface area contributed by atoms with E-state index in [1.165, 1.54) is 12.0 Å². The van der Waals surface area contributed by atoms with Gasteiger partial charge >= 0.3 is 0 Å². The summed E-state index contributed by atoms with van der Waals surface area (Å²) in [6.07, 6.45) is 2.39. The highest BCUT2D eigenvalue weighted by Crippen LogP contribution is 2.48. The van der Waals surface area contributed by atoms with Crippen LogP contribution in [0.25, 0.3) is 0 Å². The fraction of sp³-hybridized carbons (Fsp3) is 0.250. The number of nitrogens with zero attached hydrogens (tertiary/aromatic N) is 3. The van der Waals surface area contributed by atoms with E-state index in [4.69, 9.17) is 17.0 Å². The maximum absolute atomic E-state index is 13.4. The zero-order valence-corrected chi connectivity index (χ0v) is 15.5. The van der Waals surface area contributed by atoms with Gasteiger partial charge in [-0.2, -0.15) is 5.26 Å². The molecule has 136 valence electrons. The van der Waals surface area contributed by atoms with Gasteiger partial charge in [0, 0.05) is 11.8 Å². The lowest BCUT2D eigenvalue weighted by atomic mass is 9.75. The predicted molar refractivity (Wildman–Crippen MR) is 105 cm³/mol. The van der Waals surface area contributed by atoms with Crippen LogP contribution in [0.1, 0.15) is 24.8 Å². The van der Waals surface area contributed by atoms with Crippen LogP contribution in [-0.4, -0.2) is 28.8 Å². The molecule has 1 amide bonds. The Hall–Kier alpha value is -3.11. The summed E-state index contributed by atoms with van der Waals surface area (Å²) in [5, 5.41) is 19.2. The van der Waals surface area contributed by atoms with Gasteiger partial charge in [0.25, 0.3) is 5.91 Å². The van der Waals surface area contributed by atoms with Crippen LogP contribution in [0.15, 0.2) is 42.5 Å². The van der Waals surface area contributed by atoms with Crippen molar-refractivity contribution in [3.8, 4) is 17.6 Å². The third kappa shape index (κ3) is 2.45. The van der Waals surface area contributed by atoms with Gasteiger partial charge < -0.3 is 14.7 Å². The standard InChI is InChI=1S/C20H17N3O3S/c1-26-17-11-15(4-3-13(17)12-21)22-18(25)20(9-2-10-20)23(19(22)27)14-5-7-16(24)8-6-14/h3-8,11,24H,2,9-10H2,1H3. The molecule has 0 bridgehead atoms. The molecule has 2 aromatic rings. The molecule has 2 aromatic carbocycles. The molecule has 1 saturated heterocycles. The number of ether oxygens (including phenoxy) is 1. The maximum Gasteiger partial charge on any atom is 0.259 e. The van der Waals surface area contributed by atoms with Gasteiger partial charge in [0.05, 0.1) is 18.4 Å². The molecule has 0 unspecified atom stereocenters. The Bertz CT molecular complexity index is 977.